The van der Waals surface area contributed by atoms with Crippen LogP contribution >= 0.6 is 0 Å². The molecular weight excluding hydrogens is 662 g/mol. The van der Waals surface area contributed by atoms with Crippen LogP contribution in [0.4, 0.5) is 5.69 Å². The molecule has 5 rings (SSSR count). The average Bonchev–Trinajstić information content (AvgIpc) is 3.13. The number of esters is 2. The predicted molar refractivity (Wildman–Crippen MR) is 182 cm³/mol. The lowest BCUT2D eigenvalue weighted by Crippen LogP contribution is -2.17. The molecule has 0 bridgehead atoms. The van der Waals surface area contributed by atoms with Gasteiger partial charge in [-0.25, -0.2) is 20.4 Å². The van der Waals surface area contributed by atoms with Crippen molar-refractivity contribution in [1.29, 1.82) is 0 Å². The summed E-state index contributed by atoms with van der Waals surface area (Å²) in [5.74, 6) is -3.45. The highest BCUT2D eigenvalue weighted by molar-refractivity contribution is 5.99. The number of ether oxygens (including phenoxy) is 2. The quantitative estimate of drug-likeness (QED) is 0.0480. The van der Waals surface area contributed by atoms with E-state index in [2.05, 4.69) is 21.1 Å². The molecule has 2 amide bonds. The van der Waals surface area contributed by atoms with Gasteiger partial charge in [-0.3, -0.25) is 19.7 Å². The van der Waals surface area contributed by atoms with Crippen LogP contribution in [0.5, 0.6) is 23.0 Å². The number of rotatable bonds is 11. The average molecular weight is 688 g/mol. The number of hydrogen-bond donors (Lipinski definition) is 4. The zero-order chi connectivity index (χ0) is 36.3. The molecule has 15 heteroatoms. The molecule has 5 aromatic rings. The van der Waals surface area contributed by atoms with E-state index in [1.165, 1.54) is 91.3 Å². The number of amides is 2. The van der Waals surface area contributed by atoms with Gasteiger partial charge >= 0.3 is 11.9 Å². The topological polar surface area (TPSA) is 219 Å². The van der Waals surface area contributed by atoms with Crippen molar-refractivity contribution in [3.8, 4) is 23.0 Å². The first-order valence-corrected chi connectivity index (χ1v) is 14.7. The number of nitro groups is 1. The number of aromatic hydroxyl groups is 2. The molecule has 0 aromatic heterocycles. The highest BCUT2D eigenvalue weighted by atomic mass is 16.6. The molecule has 0 spiro atoms. The molecule has 4 N–H and O–H groups in total. The summed E-state index contributed by atoms with van der Waals surface area (Å²) in [7, 11) is 0. The molecule has 0 saturated heterocycles. The fourth-order valence-electron chi connectivity index (χ4n) is 4.34. The van der Waals surface area contributed by atoms with E-state index in [4.69, 9.17) is 9.47 Å². The SMILES string of the molecule is O=C(Oc1ccc(/C=N/NC(=O)c2ccccc2O)cc1)c1ccc(C(=O)Oc2ccc(/C=N/NC(=O)c3ccccc3O)cc2)c([N+](=O)[O-])c1. The van der Waals surface area contributed by atoms with Gasteiger partial charge in [0, 0.05) is 6.07 Å². The molecule has 0 aliphatic rings. The Morgan fingerprint density at radius 2 is 1.06 bits per heavy atom. The third-order valence-corrected chi connectivity index (χ3v) is 6.89. The first-order chi connectivity index (χ1) is 24.6. The minimum absolute atomic E-state index is 0.0431. The Labute approximate surface area is 288 Å². The third kappa shape index (κ3) is 9.02. The van der Waals surface area contributed by atoms with E-state index in [0.717, 1.165) is 12.1 Å². The number of hydrazone groups is 2. The Balaban J connectivity index is 1.16. The Morgan fingerprint density at radius 3 is 1.51 bits per heavy atom. The number of nitro benzene ring substituents is 1. The minimum Gasteiger partial charge on any atom is -0.507 e. The molecule has 51 heavy (non-hydrogen) atoms. The summed E-state index contributed by atoms with van der Waals surface area (Å²) in [6, 6.07) is 26.9. The molecule has 0 fully saturated rings. The van der Waals surface area contributed by atoms with Gasteiger partial charge < -0.3 is 19.7 Å². The fraction of sp³-hybridized carbons (Fsp3) is 0. The lowest BCUT2D eigenvalue weighted by molar-refractivity contribution is -0.385. The van der Waals surface area contributed by atoms with E-state index >= 15 is 0 Å². The summed E-state index contributed by atoms with van der Waals surface area (Å²) in [6.07, 6.45) is 2.65. The summed E-state index contributed by atoms with van der Waals surface area (Å²) < 4.78 is 10.6. The number of nitrogens with zero attached hydrogens (tertiary/aromatic N) is 3. The van der Waals surface area contributed by atoms with Crippen molar-refractivity contribution in [2.75, 3.05) is 0 Å². The summed E-state index contributed by atoms with van der Waals surface area (Å²) in [4.78, 5) is 60.9. The summed E-state index contributed by atoms with van der Waals surface area (Å²) in [5, 5.41) is 39.0. The first-order valence-electron chi connectivity index (χ1n) is 14.7. The number of carbonyl (C=O) groups excluding carboxylic acids is 4. The van der Waals surface area contributed by atoms with Crippen LogP contribution < -0.4 is 20.3 Å². The summed E-state index contributed by atoms with van der Waals surface area (Å²) in [6.45, 7) is 0. The van der Waals surface area contributed by atoms with E-state index < -0.39 is 39.9 Å². The van der Waals surface area contributed by atoms with E-state index in [1.54, 1.807) is 24.3 Å². The molecule has 0 aliphatic heterocycles. The van der Waals surface area contributed by atoms with E-state index in [0.29, 0.717) is 11.1 Å². The number of nitrogens with one attached hydrogen (secondary N) is 2. The van der Waals surface area contributed by atoms with Gasteiger partial charge in [0.1, 0.15) is 28.6 Å². The molecule has 254 valence electrons. The van der Waals surface area contributed by atoms with Crippen molar-refractivity contribution < 1.29 is 43.8 Å². The van der Waals surface area contributed by atoms with E-state index in [-0.39, 0.29) is 39.7 Å². The number of phenolic OH excluding ortho intramolecular Hbond substituents is 2. The zero-order valence-corrected chi connectivity index (χ0v) is 26.1. The van der Waals surface area contributed by atoms with Crippen LogP contribution in [0, 0.1) is 10.1 Å². The Bertz CT molecular complexity index is 2180. The van der Waals surface area contributed by atoms with Gasteiger partial charge in [-0.1, -0.05) is 24.3 Å². The third-order valence-electron chi connectivity index (χ3n) is 6.89. The lowest BCUT2D eigenvalue weighted by Gasteiger charge is -2.08. The highest BCUT2D eigenvalue weighted by Crippen LogP contribution is 2.24. The molecule has 0 heterocycles. The normalized spacial score (nSPS) is 10.8. The van der Waals surface area contributed by atoms with Crippen molar-refractivity contribution >= 4 is 41.9 Å². The monoisotopic (exact) mass is 687 g/mol. The minimum atomic E-state index is -1.05. The lowest BCUT2D eigenvalue weighted by atomic mass is 10.1. The van der Waals surface area contributed by atoms with Gasteiger partial charge in [0.05, 0.1) is 34.0 Å². The molecule has 0 atom stereocenters. The van der Waals surface area contributed by atoms with Crippen molar-refractivity contribution in [3.63, 3.8) is 0 Å². The van der Waals surface area contributed by atoms with Crippen molar-refractivity contribution in [3.05, 3.63) is 159 Å². The second-order valence-corrected chi connectivity index (χ2v) is 10.3. The largest absolute Gasteiger partial charge is 0.507 e. The fourth-order valence-corrected chi connectivity index (χ4v) is 4.34. The molecule has 5 aromatic carbocycles. The van der Waals surface area contributed by atoms with Gasteiger partial charge in [-0.15, -0.1) is 0 Å². The number of benzene rings is 5. The highest BCUT2D eigenvalue weighted by Gasteiger charge is 2.25. The second kappa shape index (κ2) is 15.9. The zero-order valence-electron chi connectivity index (χ0n) is 26.1. The molecule has 0 unspecified atom stereocenters. The summed E-state index contributed by atoms with van der Waals surface area (Å²) >= 11 is 0. The standard InChI is InChI=1S/C36H25N5O10/c42-31-7-3-1-5-28(31)33(44)39-37-20-22-9-14-25(15-10-22)50-35(46)24-13-18-27(30(19-24)41(48)49)36(47)51-26-16-11-23(12-17-26)21-38-40-34(45)29-6-2-4-8-32(29)43/h1-21,42-43H,(H,39,44)(H,40,45)/b37-20+,38-21+. The van der Waals surface area contributed by atoms with Gasteiger partial charge in [-0.05, 0) is 96.1 Å². The van der Waals surface area contributed by atoms with Crippen LogP contribution in [-0.2, 0) is 0 Å². The van der Waals surface area contributed by atoms with Gasteiger partial charge in [-0.2, -0.15) is 10.2 Å². The van der Waals surface area contributed by atoms with Crippen LogP contribution in [0.1, 0.15) is 52.6 Å². The Morgan fingerprint density at radius 1 is 0.608 bits per heavy atom. The van der Waals surface area contributed by atoms with Crippen LogP contribution in [0.2, 0.25) is 0 Å². The smallest absolute Gasteiger partial charge is 0.350 e. The van der Waals surface area contributed by atoms with Crippen molar-refractivity contribution in [2.24, 2.45) is 10.2 Å². The second-order valence-electron chi connectivity index (χ2n) is 10.3. The molecule has 0 aliphatic carbocycles. The van der Waals surface area contributed by atoms with Crippen molar-refractivity contribution in [2.45, 2.75) is 0 Å². The predicted octanol–water partition coefficient (Wildman–Crippen LogP) is 4.97. The van der Waals surface area contributed by atoms with Gasteiger partial charge in [0.25, 0.3) is 17.5 Å². The maximum atomic E-state index is 12.9. The first kappa shape index (κ1) is 34.6. The van der Waals surface area contributed by atoms with E-state index in [1.807, 2.05) is 0 Å². The molecular formula is C36H25N5O10. The van der Waals surface area contributed by atoms with Crippen LogP contribution in [0.3, 0.4) is 0 Å². The van der Waals surface area contributed by atoms with E-state index in [9.17, 15) is 39.5 Å². The maximum Gasteiger partial charge on any atom is 0.350 e. The van der Waals surface area contributed by atoms with Crippen molar-refractivity contribution in [1.82, 2.24) is 10.9 Å². The molecule has 0 radical (unpaired) electrons. The molecule has 15 nitrogen and oxygen atoms in total. The number of phenols is 2. The summed E-state index contributed by atoms with van der Waals surface area (Å²) in [5.41, 5.74) is 4.41. The van der Waals surface area contributed by atoms with Gasteiger partial charge in [0.2, 0.25) is 0 Å². The Kier molecular flexibility index (Phi) is 10.8. The number of carbonyl (C=O) groups is 4. The van der Waals surface area contributed by atoms with Crippen LogP contribution in [0.25, 0.3) is 0 Å². The maximum absolute atomic E-state index is 12.9. The van der Waals surface area contributed by atoms with Crippen LogP contribution in [-0.4, -0.2) is 51.3 Å². The van der Waals surface area contributed by atoms with Gasteiger partial charge in [0.15, 0.2) is 0 Å². The Hall–Kier alpha value is -7.68. The van der Waals surface area contributed by atoms with Crippen LogP contribution in [0.15, 0.2) is 125 Å². The number of hydrogen-bond acceptors (Lipinski definition) is 12. The molecule has 0 saturated carbocycles. The number of para-hydroxylation sites is 2.